The summed E-state index contributed by atoms with van der Waals surface area (Å²) in [5.74, 6) is 0.204. The molecule has 140 valence electrons. The van der Waals surface area contributed by atoms with E-state index in [4.69, 9.17) is 4.74 Å². The zero-order valence-electron chi connectivity index (χ0n) is 16.0. The van der Waals surface area contributed by atoms with E-state index in [1.807, 2.05) is 6.07 Å². The van der Waals surface area contributed by atoms with Gasteiger partial charge in [-0.1, -0.05) is 38.1 Å². The van der Waals surface area contributed by atoms with Crippen molar-refractivity contribution in [1.82, 2.24) is 4.57 Å². The summed E-state index contributed by atoms with van der Waals surface area (Å²) in [5.41, 5.74) is 3.33. The molecule has 1 aliphatic heterocycles. The number of hydrogen-bond donors (Lipinski definition) is 0. The molecule has 0 bridgehead atoms. The molecule has 0 radical (unpaired) electrons. The van der Waals surface area contributed by atoms with E-state index in [1.165, 1.54) is 35.0 Å². The number of rotatable bonds is 4. The van der Waals surface area contributed by atoms with Crippen molar-refractivity contribution in [3.63, 3.8) is 0 Å². The van der Waals surface area contributed by atoms with Gasteiger partial charge in [-0.3, -0.25) is 0 Å². The van der Waals surface area contributed by atoms with E-state index >= 15 is 0 Å². The maximum Gasteiger partial charge on any atom is 0.330 e. The molecule has 1 saturated heterocycles. The Morgan fingerprint density at radius 1 is 1.22 bits per heavy atom. The molecule has 0 saturated carbocycles. The van der Waals surface area contributed by atoms with Crippen molar-refractivity contribution >= 4 is 33.9 Å². The Bertz CT molecular complexity index is 1020. The van der Waals surface area contributed by atoms with Crippen LogP contribution in [0.4, 0.5) is 0 Å². The Labute approximate surface area is 159 Å². The molecule has 4 heteroatoms. The predicted molar refractivity (Wildman–Crippen MR) is 108 cm³/mol. The van der Waals surface area contributed by atoms with Crippen molar-refractivity contribution in [3.05, 3.63) is 54.1 Å². The summed E-state index contributed by atoms with van der Waals surface area (Å²) < 4.78 is 13.4. The number of esters is 1. The molecule has 3 aromatic rings. The topological polar surface area (TPSA) is 40.5 Å². The first kappa shape index (κ1) is 17.8. The molecule has 1 fully saturated rings. The average Bonchev–Trinajstić information content (AvgIpc) is 3.22. The van der Waals surface area contributed by atoms with Crippen LogP contribution in [0.25, 0.3) is 27.9 Å². The third-order valence-corrected chi connectivity index (χ3v) is 5.58. The van der Waals surface area contributed by atoms with Gasteiger partial charge in [0, 0.05) is 16.8 Å². The second-order valence-electron chi connectivity index (χ2n) is 7.27. The van der Waals surface area contributed by atoms with E-state index in [-0.39, 0.29) is 12.2 Å². The lowest BCUT2D eigenvalue weighted by Gasteiger charge is -2.17. The number of nitrogens with zero attached hydrogens (tertiary/aromatic N) is 1. The van der Waals surface area contributed by atoms with Gasteiger partial charge in [-0.25, -0.2) is 4.79 Å². The minimum absolute atomic E-state index is 0.0591. The zero-order valence-corrected chi connectivity index (χ0v) is 16.0. The Balaban J connectivity index is 1.84. The molecular formula is C23H25NO3. The standard InChI is InChI=1S/C23H25NO3/c1-4-21-15(2)13-22(27-21)24-19-8-6-5-7-17(19)18-14-16(9-11-20(18)24)10-12-23(25)26-3/h5-12,14-15,21-22H,4,13H2,1-3H3/b12-10+/t15?,21-,22-/m1/s1. The van der Waals surface area contributed by atoms with Crippen LogP contribution >= 0.6 is 0 Å². The Hall–Kier alpha value is -2.59. The van der Waals surface area contributed by atoms with Crippen LogP contribution in [0.15, 0.2) is 48.5 Å². The zero-order chi connectivity index (χ0) is 19.0. The first-order valence-corrected chi connectivity index (χ1v) is 9.56. The molecule has 4 rings (SSSR count). The lowest BCUT2D eigenvalue weighted by molar-refractivity contribution is -0.134. The SMILES string of the molecule is CC[C@H]1O[C@@H](n2c3ccccc3c3cc(/C=C/C(=O)OC)ccc32)CC1C. The molecule has 0 amide bonds. The van der Waals surface area contributed by atoms with Crippen molar-refractivity contribution in [3.8, 4) is 0 Å². The monoisotopic (exact) mass is 363 g/mol. The van der Waals surface area contributed by atoms with Crippen molar-refractivity contribution in [2.24, 2.45) is 5.92 Å². The van der Waals surface area contributed by atoms with E-state index in [0.717, 1.165) is 18.4 Å². The molecule has 4 nitrogen and oxygen atoms in total. The maximum atomic E-state index is 11.4. The molecule has 1 aromatic heterocycles. The van der Waals surface area contributed by atoms with Gasteiger partial charge in [0.2, 0.25) is 0 Å². The first-order chi connectivity index (χ1) is 13.1. The molecule has 2 heterocycles. The lowest BCUT2D eigenvalue weighted by Crippen LogP contribution is -2.12. The molecule has 1 aliphatic rings. The van der Waals surface area contributed by atoms with Crippen LogP contribution < -0.4 is 0 Å². The summed E-state index contributed by atoms with van der Waals surface area (Å²) in [6.07, 6.45) is 5.68. The maximum absolute atomic E-state index is 11.4. The Morgan fingerprint density at radius 3 is 2.74 bits per heavy atom. The van der Waals surface area contributed by atoms with Gasteiger partial charge in [-0.15, -0.1) is 0 Å². The van der Waals surface area contributed by atoms with Crippen LogP contribution in [-0.4, -0.2) is 23.8 Å². The van der Waals surface area contributed by atoms with E-state index < -0.39 is 0 Å². The highest BCUT2D eigenvalue weighted by Crippen LogP contribution is 2.40. The highest BCUT2D eigenvalue weighted by Gasteiger charge is 2.33. The molecule has 0 aliphatic carbocycles. The first-order valence-electron chi connectivity index (χ1n) is 9.56. The minimum Gasteiger partial charge on any atom is -0.466 e. The third kappa shape index (κ3) is 3.15. The summed E-state index contributed by atoms with van der Waals surface area (Å²) in [7, 11) is 1.38. The second kappa shape index (κ2) is 7.20. The van der Waals surface area contributed by atoms with Crippen LogP contribution in [0.2, 0.25) is 0 Å². The van der Waals surface area contributed by atoms with Crippen LogP contribution in [0, 0.1) is 5.92 Å². The van der Waals surface area contributed by atoms with E-state index in [1.54, 1.807) is 6.08 Å². The van der Waals surface area contributed by atoms with Gasteiger partial charge in [0.25, 0.3) is 0 Å². The van der Waals surface area contributed by atoms with Gasteiger partial charge in [0.15, 0.2) is 0 Å². The Kier molecular flexibility index (Phi) is 4.75. The summed E-state index contributed by atoms with van der Waals surface area (Å²) >= 11 is 0. The van der Waals surface area contributed by atoms with Crippen molar-refractivity contribution in [1.29, 1.82) is 0 Å². The number of carbonyl (C=O) groups is 1. The fourth-order valence-corrected chi connectivity index (χ4v) is 4.19. The normalized spacial score (nSPS) is 22.9. The third-order valence-electron chi connectivity index (χ3n) is 5.58. The van der Waals surface area contributed by atoms with Gasteiger partial charge < -0.3 is 14.0 Å². The Morgan fingerprint density at radius 2 is 2.00 bits per heavy atom. The number of ether oxygens (including phenoxy) is 2. The quantitative estimate of drug-likeness (QED) is 0.466. The summed E-state index contributed by atoms with van der Waals surface area (Å²) in [6.45, 7) is 4.47. The van der Waals surface area contributed by atoms with E-state index in [9.17, 15) is 4.79 Å². The van der Waals surface area contributed by atoms with Gasteiger partial charge in [-0.2, -0.15) is 0 Å². The van der Waals surface area contributed by atoms with Crippen LogP contribution in [0.3, 0.4) is 0 Å². The smallest absolute Gasteiger partial charge is 0.330 e. The number of benzene rings is 2. The number of fused-ring (bicyclic) bond motifs is 3. The number of hydrogen-bond acceptors (Lipinski definition) is 3. The minimum atomic E-state index is -0.350. The van der Waals surface area contributed by atoms with Crippen LogP contribution in [-0.2, 0) is 14.3 Å². The number of aromatic nitrogens is 1. The predicted octanol–water partition coefficient (Wildman–Crippen LogP) is 5.31. The van der Waals surface area contributed by atoms with Crippen molar-refractivity contribution in [2.45, 2.75) is 39.0 Å². The van der Waals surface area contributed by atoms with Gasteiger partial charge in [-0.05, 0) is 48.6 Å². The molecule has 1 unspecified atom stereocenters. The fourth-order valence-electron chi connectivity index (χ4n) is 4.19. The van der Waals surface area contributed by atoms with Gasteiger partial charge >= 0.3 is 5.97 Å². The summed E-state index contributed by atoms with van der Waals surface area (Å²) in [6, 6.07) is 14.7. The van der Waals surface area contributed by atoms with Crippen LogP contribution in [0.5, 0.6) is 0 Å². The van der Waals surface area contributed by atoms with Gasteiger partial charge in [0.1, 0.15) is 6.23 Å². The highest BCUT2D eigenvalue weighted by molar-refractivity contribution is 6.08. The lowest BCUT2D eigenvalue weighted by atomic mass is 10.0. The number of carbonyl (C=O) groups excluding carboxylic acids is 1. The molecular weight excluding hydrogens is 338 g/mol. The second-order valence-corrected chi connectivity index (χ2v) is 7.27. The summed E-state index contributed by atoms with van der Waals surface area (Å²) in [4.78, 5) is 11.4. The summed E-state index contributed by atoms with van der Waals surface area (Å²) in [5, 5.41) is 2.38. The molecule has 2 aromatic carbocycles. The fraction of sp³-hybridized carbons (Fsp3) is 0.348. The molecule has 3 atom stereocenters. The molecule has 27 heavy (non-hydrogen) atoms. The van der Waals surface area contributed by atoms with Crippen LogP contribution in [0.1, 0.15) is 38.5 Å². The van der Waals surface area contributed by atoms with Crippen molar-refractivity contribution in [2.75, 3.05) is 7.11 Å². The average molecular weight is 363 g/mol. The highest BCUT2D eigenvalue weighted by atomic mass is 16.5. The number of methoxy groups -OCH3 is 1. The molecule has 0 spiro atoms. The number of para-hydroxylation sites is 1. The van der Waals surface area contributed by atoms with Crippen molar-refractivity contribution < 1.29 is 14.3 Å². The van der Waals surface area contributed by atoms with Gasteiger partial charge in [0.05, 0.1) is 24.2 Å². The van der Waals surface area contributed by atoms with E-state index in [2.05, 4.69) is 59.5 Å². The largest absolute Gasteiger partial charge is 0.466 e. The molecule has 0 N–H and O–H groups in total. The van der Waals surface area contributed by atoms with E-state index in [0.29, 0.717) is 12.0 Å².